The van der Waals surface area contributed by atoms with Crippen LogP contribution in [-0.2, 0) is 14.3 Å². The van der Waals surface area contributed by atoms with Crippen molar-refractivity contribution in [2.24, 2.45) is 11.8 Å². The van der Waals surface area contributed by atoms with Gasteiger partial charge in [0.15, 0.2) is 0 Å². The van der Waals surface area contributed by atoms with Crippen LogP contribution in [0.4, 0.5) is 0 Å². The number of hydrogen-bond acceptors (Lipinski definition) is 3. The van der Waals surface area contributed by atoms with Gasteiger partial charge in [0.1, 0.15) is 11.7 Å². The zero-order valence-corrected chi connectivity index (χ0v) is 8.21. The molecule has 1 unspecified atom stereocenters. The summed E-state index contributed by atoms with van der Waals surface area (Å²) in [4.78, 5) is 22.7. The van der Waals surface area contributed by atoms with Crippen molar-refractivity contribution in [2.45, 2.75) is 33.1 Å². The van der Waals surface area contributed by atoms with Crippen LogP contribution in [0, 0.1) is 11.8 Å². The fourth-order valence-electron chi connectivity index (χ4n) is 1.69. The molecule has 13 heavy (non-hydrogen) atoms. The normalized spacial score (nSPS) is 28.6. The number of Topliss-reactive ketones (excluding diaryl/α,β-unsaturated/α-hetero) is 1. The Bertz CT molecular complexity index is 202. The molecular formula is C10H16O3. The van der Waals surface area contributed by atoms with E-state index in [1.165, 1.54) is 0 Å². The number of rotatable bonds is 2. The molecule has 1 rings (SSSR count). The lowest BCUT2D eigenvalue weighted by Crippen LogP contribution is -2.31. The van der Waals surface area contributed by atoms with E-state index in [-0.39, 0.29) is 11.8 Å². The largest absolute Gasteiger partial charge is 0.465 e. The number of carbonyl (C=O) groups excluding carboxylic acids is 2. The summed E-state index contributed by atoms with van der Waals surface area (Å²) < 4.78 is 4.83. The third-order valence-electron chi connectivity index (χ3n) is 2.46. The number of carbonyl (C=O) groups is 2. The molecule has 0 heterocycles. The van der Waals surface area contributed by atoms with Gasteiger partial charge < -0.3 is 4.74 Å². The predicted octanol–water partition coefficient (Wildman–Crippen LogP) is 1.55. The van der Waals surface area contributed by atoms with Gasteiger partial charge in [-0.15, -0.1) is 0 Å². The summed E-state index contributed by atoms with van der Waals surface area (Å²) in [5.41, 5.74) is 0. The van der Waals surface area contributed by atoms with Gasteiger partial charge in [-0.25, -0.2) is 0 Å². The van der Waals surface area contributed by atoms with Crippen LogP contribution in [0.2, 0.25) is 0 Å². The van der Waals surface area contributed by atoms with Gasteiger partial charge in [0, 0.05) is 6.42 Å². The first-order valence-electron chi connectivity index (χ1n) is 4.84. The second-order valence-electron chi connectivity index (χ2n) is 3.66. The molecule has 0 radical (unpaired) electrons. The number of ether oxygens (including phenoxy) is 1. The molecule has 74 valence electrons. The smallest absolute Gasteiger partial charge is 0.316 e. The first-order valence-corrected chi connectivity index (χ1v) is 4.84. The Balaban J connectivity index is 2.51. The molecule has 0 saturated heterocycles. The van der Waals surface area contributed by atoms with Gasteiger partial charge in [-0.3, -0.25) is 9.59 Å². The second kappa shape index (κ2) is 4.40. The molecule has 1 fully saturated rings. The molecule has 0 amide bonds. The maximum absolute atomic E-state index is 11.4. The highest BCUT2D eigenvalue weighted by Crippen LogP contribution is 2.26. The number of ketones is 1. The summed E-state index contributed by atoms with van der Waals surface area (Å²) in [5, 5.41) is 0. The lowest BCUT2D eigenvalue weighted by Gasteiger charge is -2.23. The molecule has 3 heteroatoms. The third-order valence-corrected chi connectivity index (χ3v) is 2.46. The number of esters is 1. The van der Waals surface area contributed by atoms with Crippen LogP contribution in [-0.4, -0.2) is 18.4 Å². The molecule has 0 aromatic heterocycles. The molecule has 0 N–H and O–H groups in total. The van der Waals surface area contributed by atoms with Gasteiger partial charge in [-0.2, -0.15) is 0 Å². The standard InChI is InChI=1S/C10H16O3/c1-3-13-10(12)8-5-4-7(2)6-9(8)11/h7-8H,3-6H2,1-2H3/t7-,8?/m1/s1. The van der Waals surface area contributed by atoms with E-state index in [1.54, 1.807) is 6.92 Å². The van der Waals surface area contributed by atoms with Gasteiger partial charge in [0.05, 0.1) is 6.61 Å². The Hall–Kier alpha value is -0.860. The first-order chi connectivity index (χ1) is 6.15. The predicted molar refractivity (Wildman–Crippen MR) is 48.1 cm³/mol. The molecule has 1 aliphatic rings. The van der Waals surface area contributed by atoms with Gasteiger partial charge >= 0.3 is 5.97 Å². The minimum absolute atomic E-state index is 0.0530. The maximum Gasteiger partial charge on any atom is 0.316 e. The van der Waals surface area contributed by atoms with E-state index in [9.17, 15) is 9.59 Å². The van der Waals surface area contributed by atoms with E-state index < -0.39 is 5.92 Å². The van der Waals surface area contributed by atoms with E-state index >= 15 is 0 Å². The van der Waals surface area contributed by atoms with Crippen LogP contribution in [0.15, 0.2) is 0 Å². The van der Waals surface area contributed by atoms with Crippen molar-refractivity contribution >= 4 is 11.8 Å². The van der Waals surface area contributed by atoms with Crippen LogP contribution < -0.4 is 0 Å². The van der Waals surface area contributed by atoms with Crippen LogP contribution in [0.1, 0.15) is 33.1 Å². The summed E-state index contributed by atoms with van der Waals surface area (Å²) in [6, 6.07) is 0. The summed E-state index contributed by atoms with van der Waals surface area (Å²) in [5.74, 6) is -0.328. The van der Waals surface area contributed by atoms with Crippen molar-refractivity contribution < 1.29 is 14.3 Å². The van der Waals surface area contributed by atoms with Gasteiger partial charge in [-0.05, 0) is 25.7 Å². The molecule has 1 aliphatic carbocycles. The zero-order valence-electron chi connectivity index (χ0n) is 8.21. The average molecular weight is 184 g/mol. The monoisotopic (exact) mass is 184 g/mol. The minimum atomic E-state index is -0.476. The minimum Gasteiger partial charge on any atom is -0.465 e. The van der Waals surface area contributed by atoms with Crippen molar-refractivity contribution in [3.05, 3.63) is 0 Å². The van der Waals surface area contributed by atoms with Crippen molar-refractivity contribution in [2.75, 3.05) is 6.61 Å². The fraction of sp³-hybridized carbons (Fsp3) is 0.800. The summed E-state index contributed by atoms with van der Waals surface area (Å²) in [6.45, 7) is 4.16. The van der Waals surface area contributed by atoms with Crippen LogP contribution in [0.25, 0.3) is 0 Å². The Kier molecular flexibility index (Phi) is 3.46. The quantitative estimate of drug-likeness (QED) is 0.483. The highest BCUT2D eigenvalue weighted by molar-refractivity contribution is 5.99. The van der Waals surface area contributed by atoms with Crippen molar-refractivity contribution in [3.8, 4) is 0 Å². The Morgan fingerprint density at radius 2 is 2.23 bits per heavy atom. The van der Waals surface area contributed by atoms with E-state index in [1.807, 2.05) is 6.92 Å². The average Bonchev–Trinajstić information content (AvgIpc) is 2.04. The molecule has 0 spiro atoms. The maximum atomic E-state index is 11.4. The van der Waals surface area contributed by atoms with Crippen molar-refractivity contribution in [1.82, 2.24) is 0 Å². The highest BCUT2D eigenvalue weighted by Gasteiger charge is 2.32. The van der Waals surface area contributed by atoms with Crippen molar-refractivity contribution in [3.63, 3.8) is 0 Å². The molecule has 2 atom stereocenters. The van der Waals surface area contributed by atoms with Gasteiger partial charge in [0.2, 0.25) is 0 Å². The molecular weight excluding hydrogens is 168 g/mol. The topological polar surface area (TPSA) is 43.4 Å². The number of hydrogen-bond donors (Lipinski definition) is 0. The van der Waals surface area contributed by atoms with Crippen LogP contribution in [0.3, 0.4) is 0 Å². The van der Waals surface area contributed by atoms with Crippen molar-refractivity contribution in [1.29, 1.82) is 0 Å². The lowest BCUT2D eigenvalue weighted by molar-refractivity contribution is -0.153. The fourth-order valence-corrected chi connectivity index (χ4v) is 1.69. The molecule has 0 aromatic carbocycles. The first kappa shape index (κ1) is 10.2. The second-order valence-corrected chi connectivity index (χ2v) is 3.66. The Morgan fingerprint density at radius 1 is 1.54 bits per heavy atom. The van der Waals surface area contributed by atoms with Crippen LogP contribution >= 0.6 is 0 Å². The van der Waals surface area contributed by atoms with E-state index in [2.05, 4.69) is 0 Å². The molecule has 0 bridgehead atoms. The van der Waals surface area contributed by atoms with E-state index in [0.29, 0.717) is 25.4 Å². The van der Waals surface area contributed by atoms with E-state index in [4.69, 9.17) is 4.74 Å². The summed E-state index contributed by atoms with van der Waals surface area (Å²) >= 11 is 0. The summed E-state index contributed by atoms with van der Waals surface area (Å²) in [6.07, 6.45) is 2.15. The third kappa shape index (κ3) is 2.54. The molecule has 1 saturated carbocycles. The van der Waals surface area contributed by atoms with Gasteiger partial charge in [0.25, 0.3) is 0 Å². The van der Waals surface area contributed by atoms with E-state index in [0.717, 1.165) is 6.42 Å². The molecule has 0 aromatic rings. The highest BCUT2D eigenvalue weighted by atomic mass is 16.5. The Labute approximate surface area is 78.5 Å². The zero-order chi connectivity index (χ0) is 9.84. The Morgan fingerprint density at radius 3 is 2.77 bits per heavy atom. The summed E-state index contributed by atoms with van der Waals surface area (Å²) in [7, 11) is 0. The molecule has 3 nitrogen and oxygen atoms in total. The lowest BCUT2D eigenvalue weighted by atomic mass is 9.82. The molecule has 0 aliphatic heterocycles. The van der Waals surface area contributed by atoms with Crippen LogP contribution in [0.5, 0.6) is 0 Å². The SMILES string of the molecule is CCOC(=O)C1CC[C@@H](C)CC1=O. The van der Waals surface area contributed by atoms with Gasteiger partial charge in [-0.1, -0.05) is 6.92 Å².